The maximum Gasteiger partial charge on any atom is 0.305 e. The first kappa shape index (κ1) is 21.8. The Morgan fingerprint density at radius 3 is 2.39 bits per heavy atom. The van der Waals surface area contributed by atoms with Crippen molar-refractivity contribution < 1.29 is 33.8 Å². The molecule has 9 heteroatoms. The second kappa shape index (κ2) is 8.86. The van der Waals surface area contributed by atoms with E-state index in [0.717, 1.165) is 4.90 Å². The van der Waals surface area contributed by atoms with Gasteiger partial charge in [0, 0.05) is 12.6 Å². The van der Waals surface area contributed by atoms with Crippen LogP contribution in [0.4, 0.5) is 5.69 Å². The van der Waals surface area contributed by atoms with Crippen LogP contribution >= 0.6 is 0 Å². The Hall–Kier alpha value is -3.88. The molecule has 31 heavy (non-hydrogen) atoms. The van der Waals surface area contributed by atoms with Crippen molar-refractivity contribution in [3.05, 3.63) is 53.1 Å². The fourth-order valence-corrected chi connectivity index (χ4v) is 3.52. The summed E-state index contributed by atoms with van der Waals surface area (Å²) in [6, 6.07) is 8.08. The topological polar surface area (TPSA) is 122 Å². The summed E-state index contributed by atoms with van der Waals surface area (Å²) in [5, 5.41) is 12.0. The lowest BCUT2D eigenvalue weighted by molar-refractivity contribution is -0.138. The number of anilines is 1. The lowest BCUT2D eigenvalue weighted by Crippen LogP contribution is -2.35. The Morgan fingerprint density at radius 1 is 1.06 bits per heavy atom. The number of nitrogens with one attached hydrogen (secondary N) is 1. The predicted molar refractivity (Wildman–Crippen MR) is 110 cm³/mol. The van der Waals surface area contributed by atoms with Crippen molar-refractivity contribution >= 4 is 29.4 Å². The maximum absolute atomic E-state index is 13.1. The smallest absolute Gasteiger partial charge is 0.305 e. The van der Waals surface area contributed by atoms with Crippen LogP contribution in [-0.4, -0.2) is 47.4 Å². The van der Waals surface area contributed by atoms with E-state index in [1.54, 1.807) is 25.1 Å². The van der Waals surface area contributed by atoms with Crippen LogP contribution in [0.1, 0.15) is 52.6 Å². The highest BCUT2D eigenvalue weighted by Gasteiger charge is 2.41. The molecular weight excluding hydrogens is 404 g/mol. The number of methoxy groups -OCH3 is 1. The molecule has 0 saturated carbocycles. The van der Waals surface area contributed by atoms with Gasteiger partial charge in [0.2, 0.25) is 5.91 Å². The van der Waals surface area contributed by atoms with Crippen LogP contribution in [0.3, 0.4) is 0 Å². The van der Waals surface area contributed by atoms with Crippen molar-refractivity contribution in [3.8, 4) is 11.5 Å². The van der Waals surface area contributed by atoms with Crippen molar-refractivity contribution in [2.24, 2.45) is 0 Å². The van der Waals surface area contributed by atoms with Gasteiger partial charge in [0.1, 0.15) is 0 Å². The molecule has 1 unspecified atom stereocenters. The van der Waals surface area contributed by atoms with Gasteiger partial charge in [-0.3, -0.25) is 24.1 Å². The zero-order chi connectivity index (χ0) is 22.7. The zero-order valence-corrected chi connectivity index (χ0v) is 17.3. The molecule has 1 aliphatic rings. The summed E-state index contributed by atoms with van der Waals surface area (Å²) >= 11 is 0. The Bertz CT molecular complexity index is 1060. The lowest BCUT2D eigenvalue weighted by atomic mass is 10.0. The van der Waals surface area contributed by atoms with Gasteiger partial charge >= 0.3 is 5.97 Å². The summed E-state index contributed by atoms with van der Waals surface area (Å²) in [4.78, 5) is 50.0. The number of carbonyl (C=O) groups excluding carboxylic acids is 3. The minimum atomic E-state index is -1.17. The Labute approximate surface area is 178 Å². The van der Waals surface area contributed by atoms with Crippen molar-refractivity contribution in [1.82, 2.24) is 4.90 Å². The second-order valence-corrected chi connectivity index (χ2v) is 6.88. The molecule has 162 valence electrons. The van der Waals surface area contributed by atoms with E-state index >= 15 is 0 Å². The number of carbonyl (C=O) groups is 4. The molecule has 0 aromatic heterocycles. The van der Waals surface area contributed by atoms with Crippen molar-refractivity contribution in [3.63, 3.8) is 0 Å². The van der Waals surface area contributed by atoms with Crippen LogP contribution in [-0.2, 0) is 9.59 Å². The number of ether oxygens (including phenoxy) is 2. The highest BCUT2D eigenvalue weighted by atomic mass is 16.5. The number of hydrogen-bond acceptors (Lipinski definition) is 6. The van der Waals surface area contributed by atoms with E-state index in [-0.39, 0.29) is 17.0 Å². The number of imide groups is 1. The zero-order valence-electron chi connectivity index (χ0n) is 17.3. The molecule has 9 nitrogen and oxygen atoms in total. The van der Waals surface area contributed by atoms with E-state index in [4.69, 9.17) is 9.47 Å². The van der Waals surface area contributed by atoms with Gasteiger partial charge in [0.25, 0.3) is 11.8 Å². The van der Waals surface area contributed by atoms with Gasteiger partial charge in [-0.25, -0.2) is 0 Å². The minimum Gasteiger partial charge on any atom is -0.493 e. The molecule has 2 aromatic rings. The quantitative estimate of drug-likeness (QED) is 0.622. The number of carboxylic acids is 1. The first-order valence-electron chi connectivity index (χ1n) is 9.58. The number of aliphatic carboxylic acids is 1. The first-order valence-corrected chi connectivity index (χ1v) is 9.58. The van der Waals surface area contributed by atoms with Gasteiger partial charge in [0.15, 0.2) is 11.5 Å². The summed E-state index contributed by atoms with van der Waals surface area (Å²) in [6.07, 6.45) is -0.484. The Balaban J connectivity index is 2.04. The van der Waals surface area contributed by atoms with Crippen molar-refractivity contribution in [2.75, 3.05) is 19.0 Å². The van der Waals surface area contributed by atoms with E-state index in [1.165, 1.54) is 32.2 Å². The Kier molecular flexibility index (Phi) is 6.24. The van der Waals surface area contributed by atoms with Crippen LogP contribution in [0, 0.1) is 0 Å². The van der Waals surface area contributed by atoms with Gasteiger partial charge < -0.3 is 19.9 Å². The largest absolute Gasteiger partial charge is 0.493 e. The molecule has 0 radical (unpaired) electrons. The van der Waals surface area contributed by atoms with E-state index < -0.39 is 30.2 Å². The maximum atomic E-state index is 13.1. The number of carboxylic acid groups (broad SMARTS) is 1. The standard InChI is InChI=1S/C22H22N2O7/c1-4-31-19-9-13(5-8-18(19)30-3)17(11-20(26)27)24-21(28)15-7-6-14(23-12(2)25)10-16(15)22(24)29/h5-10,17H,4,11H2,1-3H3,(H,23,25)(H,26,27). The number of nitrogens with zero attached hydrogens (tertiary/aromatic N) is 1. The third kappa shape index (κ3) is 4.35. The molecular formula is C22H22N2O7. The highest BCUT2D eigenvalue weighted by Crippen LogP contribution is 2.38. The van der Waals surface area contributed by atoms with Gasteiger partial charge in [0.05, 0.1) is 37.3 Å². The number of hydrogen-bond donors (Lipinski definition) is 2. The van der Waals surface area contributed by atoms with Crippen molar-refractivity contribution in [1.29, 1.82) is 0 Å². The van der Waals surface area contributed by atoms with Gasteiger partial charge in [-0.05, 0) is 42.8 Å². The summed E-state index contributed by atoms with van der Waals surface area (Å²) < 4.78 is 10.8. The average molecular weight is 426 g/mol. The summed E-state index contributed by atoms with van der Waals surface area (Å²) in [6.45, 7) is 3.47. The van der Waals surface area contributed by atoms with Crippen LogP contribution in [0.2, 0.25) is 0 Å². The second-order valence-electron chi connectivity index (χ2n) is 6.88. The lowest BCUT2D eigenvalue weighted by Gasteiger charge is -2.26. The van der Waals surface area contributed by atoms with E-state index in [1.807, 2.05) is 0 Å². The van der Waals surface area contributed by atoms with E-state index in [2.05, 4.69) is 5.32 Å². The van der Waals surface area contributed by atoms with Crippen LogP contribution in [0.5, 0.6) is 11.5 Å². The predicted octanol–water partition coefficient (Wildman–Crippen LogP) is 2.86. The highest BCUT2D eigenvalue weighted by molar-refractivity contribution is 6.22. The molecule has 0 bridgehead atoms. The van der Waals surface area contributed by atoms with Gasteiger partial charge in [-0.2, -0.15) is 0 Å². The molecule has 2 N–H and O–H groups in total. The molecule has 0 spiro atoms. The average Bonchev–Trinajstić information content (AvgIpc) is 2.96. The summed E-state index contributed by atoms with van der Waals surface area (Å²) in [5.74, 6) is -1.90. The molecule has 3 amide bonds. The van der Waals surface area contributed by atoms with Crippen molar-refractivity contribution in [2.45, 2.75) is 26.3 Å². The number of rotatable bonds is 8. The fourth-order valence-electron chi connectivity index (χ4n) is 3.52. The van der Waals surface area contributed by atoms with E-state index in [9.17, 15) is 24.3 Å². The molecule has 1 atom stereocenters. The molecule has 1 aliphatic heterocycles. The van der Waals surface area contributed by atoms with Gasteiger partial charge in [-0.1, -0.05) is 6.07 Å². The first-order chi connectivity index (χ1) is 14.8. The fraction of sp³-hybridized carbons (Fsp3) is 0.273. The molecule has 0 fully saturated rings. The van der Waals surface area contributed by atoms with E-state index in [0.29, 0.717) is 29.4 Å². The molecule has 0 saturated heterocycles. The third-order valence-electron chi connectivity index (χ3n) is 4.79. The minimum absolute atomic E-state index is 0.102. The summed E-state index contributed by atoms with van der Waals surface area (Å²) in [7, 11) is 1.48. The Morgan fingerprint density at radius 2 is 1.77 bits per heavy atom. The number of fused-ring (bicyclic) bond motifs is 1. The summed E-state index contributed by atoms with van der Waals surface area (Å²) in [5.41, 5.74) is 1.04. The SMILES string of the molecule is CCOc1cc(C(CC(=O)O)N2C(=O)c3ccc(NC(C)=O)cc3C2=O)ccc1OC. The number of benzene rings is 2. The molecule has 0 aliphatic carbocycles. The normalized spacial score (nSPS) is 13.6. The molecule has 1 heterocycles. The van der Waals surface area contributed by atoms with Crippen LogP contribution in [0.25, 0.3) is 0 Å². The number of amides is 3. The van der Waals surface area contributed by atoms with Crippen LogP contribution < -0.4 is 14.8 Å². The molecule has 2 aromatic carbocycles. The monoisotopic (exact) mass is 426 g/mol. The van der Waals surface area contributed by atoms with Gasteiger partial charge in [-0.15, -0.1) is 0 Å². The van der Waals surface area contributed by atoms with Crippen LogP contribution in [0.15, 0.2) is 36.4 Å². The third-order valence-corrected chi connectivity index (χ3v) is 4.79. The molecule has 3 rings (SSSR count).